The second kappa shape index (κ2) is 4.17. The summed E-state index contributed by atoms with van der Waals surface area (Å²) in [6.45, 7) is 0. The lowest BCUT2D eigenvalue weighted by Gasteiger charge is -2.04. The summed E-state index contributed by atoms with van der Waals surface area (Å²) in [4.78, 5) is 11.6. The van der Waals surface area contributed by atoms with Crippen molar-refractivity contribution < 1.29 is 4.74 Å². The highest BCUT2D eigenvalue weighted by atomic mass is 16.5. The minimum Gasteiger partial charge on any atom is -0.424 e. The first-order chi connectivity index (χ1) is 8.42. The number of ether oxygens (including phenoxy) is 1. The van der Waals surface area contributed by atoms with Gasteiger partial charge in [0, 0.05) is 0 Å². The molecule has 17 heavy (non-hydrogen) atoms. The van der Waals surface area contributed by atoms with Crippen molar-refractivity contribution in [2.75, 3.05) is 0 Å². The number of hydrogen-bond donors (Lipinski definition) is 0. The molecule has 1 heterocycles. The van der Waals surface area contributed by atoms with Gasteiger partial charge in [0.15, 0.2) is 0 Å². The van der Waals surface area contributed by atoms with E-state index in [4.69, 9.17) is 4.74 Å². The van der Waals surface area contributed by atoms with Crippen molar-refractivity contribution in [2.45, 2.75) is 0 Å². The zero-order valence-corrected chi connectivity index (χ0v) is 8.95. The van der Waals surface area contributed by atoms with E-state index in [0.717, 1.165) is 11.1 Å². The molecule has 3 rings (SSSR count). The van der Waals surface area contributed by atoms with Crippen molar-refractivity contribution in [3.05, 3.63) is 55.1 Å². The van der Waals surface area contributed by atoms with E-state index in [1.165, 1.54) is 18.0 Å². The SMILES string of the molecule is c1ccc2cc(Oc3ncncn3)ccc2c1. The van der Waals surface area contributed by atoms with Crippen molar-refractivity contribution >= 4 is 10.8 Å². The molecule has 0 amide bonds. The number of nitrogens with zero attached hydrogens (tertiary/aromatic N) is 3. The van der Waals surface area contributed by atoms with Gasteiger partial charge in [0.05, 0.1) is 0 Å². The molecule has 0 saturated carbocycles. The summed E-state index contributed by atoms with van der Waals surface area (Å²) in [5, 5.41) is 2.30. The molecule has 4 heteroatoms. The Bertz CT molecular complexity index is 640. The topological polar surface area (TPSA) is 47.9 Å². The Kier molecular flexibility index (Phi) is 2.38. The molecule has 0 N–H and O–H groups in total. The van der Waals surface area contributed by atoms with Crippen LogP contribution in [0.5, 0.6) is 11.8 Å². The molecular weight excluding hydrogens is 214 g/mol. The molecule has 0 unspecified atom stereocenters. The van der Waals surface area contributed by atoms with Crippen LogP contribution in [0, 0.1) is 0 Å². The van der Waals surface area contributed by atoms with Gasteiger partial charge < -0.3 is 4.74 Å². The fraction of sp³-hybridized carbons (Fsp3) is 0. The Morgan fingerprint density at radius 2 is 1.59 bits per heavy atom. The van der Waals surface area contributed by atoms with E-state index in [1.54, 1.807) is 0 Å². The summed E-state index contributed by atoms with van der Waals surface area (Å²) in [6.07, 6.45) is 2.81. The van der Waals surface area contributed by atoms with Gasteiger partial charge in [-0.1, -0.05) is 30.3 Å². The molecule has 2 aromatic carbocycles. The van der Waals surface area contributed by atoms with Crippen molar-refractivity contribution in [3.63, 3.8) is 0 Å². The Morgan fingerprint density at radius 1 is 0.824 bits per heavy atom. The number of aromatic nitrogens is 3. The van der Waals surface area contributed by atoms with Gasteiger partial charge in [-0.3, -0.25) is 0 Å². The van der Waals surface area contributed by atoms with E-state index in [0.29, 0.717) is 6.01 Å². The third-order valence-electron chi connectivity index (χ3n) is 2.40. The van der Waals surface area contributed by atoms with Crippen LogP contribution in [0.4, 0.5) is 0 Å². The highest BCUT2D eigenvalue weighted by Gasteiger charge is 2.00. The fourth-order valence-electron chi connectivity index (χ4n) is 1.62. The van der Waals surface area contributed by atoms with Gasteiger partial charge in [-0.05, 0) is 22.9 Å². The lowest BCUT2D eigenvalue weighted by atomic mass is 10.1. The summed E-state index contributed by atoms with van der Waals surface area (Å²) >= 11 is 0. The summed E-state index contributed by atoms with van der Waals surface area (Å²) in [6, 6.07) is 14.3. The van der Waals surface area contributed by atoms with E-state index < -0.39 is 0 Å². The molecule has 1 aromatic heterocycles. The number of fused-ring (bicyclic) bond motifs is 1. The summed E-state index contributed by atoms with van der Waals surface area (Å²) in [5.74, 6) is 0.718. The molecule has 0 fully saturated rings. The van der Waals surface area contributed by atoms with E-state index in [-0.39, 0.29) is 0 Å². The molecule has 0 aliphatic carbocycles. The van der Waals surface area contributed by atoms with Crippen LogP contribution in [0.25, 0.3) is 10.8 Å². The van der Waals surface area contributed by atoms with Crippen molar-refractivity contribution in [2.24, 2.45) is 0 Å². The first-order valence-electron chi connectivity index (χ1n) is 5.20. The molecule has 0 aliphatic rings. The van der Waals surface area contributed by atoms with Gasteiger partial charge >= 0.3 is 6.01 Å². The quantitative estimate of drug-likeness (QED) is 0.670. The second-order valence-corrected chi connectivity index (χ2v) is 3.53. The number of benzene rings is 2. The maximum absolute atomic E-state index is 5.52. The minimum atomic E-state index is 0.301. The third-order valence-corrected chi connectivity index (χ3v) is 2.40. The van der Waals surface area contributed by atoms with Crippen molar-refractivity contribution in [3.8, 4) is 11.8 Å². The van der Waals surface area contributed by atoms with E-state index >= 15 is 0 Å². The monoisotopic (exact) mass is 223 g/mol. The largest absolute Gasteiger partial charge is 0.424 e. The zero-order valence-electron chi connectivity index (χ0n) is 8.95. The van der Waals surface area contributed by atoms with Crippen LogP contribution in [0.2, 0.25) is 0 Å². The minimum absolute atomic E-state index is 0.301. The fourth-order valence-corrected chi connectivity index (χ4v) is 1.62. The molecule has 0 aliphatic heterocycles. The summed E-state index contributed by atoms with van der Waals surface area (Å²) in [5.41, 5.74) is 0. The van der Waals surface area contributed by atoms with Gasteiger partial charge in [-0.2, -0.15) is 9.97 Å². The summed E-state index contributed by atoms with van der Waals surface area (Å²) < 4.78 is 5.52. The van der Waals surface area contributed by atoms with Crippen LogP contribution >= 0.6 is 0 Å². The molecule has 4 nitrogen and oxygen atoms in total. The highest BCUT2D eigenvalue weighted by Crippen LogP contribution is 2.23. The normalized spacial score (nSPS) is 10.4. The highest BCUT2D eigenvalue weighted by molar-refractivity contribution is 5.83. The van der Waals surface area contributed by atoms with Gasteiger partial charge in [0.1, 0.15) is 18.4 Å². The molecule has 0 bridgehead atoms. The first-order valence-corrected chi connectivity index (χ1v) is 5.20. The number of rotatable bonds is 2. The van der Waals surface area contributed by atoms with Crippen LogP contribution in [-0.4, -0.2) is 15.0 Å². The smallest absolute Gasteiger partial charge is 0.324 e. The van der Waals surface area contributed by atoms with Crippen LogP contribution in [0.1, 0.15) is 0 Å². The van der Waals surface area contributed by atoms with E-state index in [1.807, 2.05) is 36.4 Å². The maximum Gasteiger partial charge on any atom is 0.324 e. The molecule has 0 radical (unpaired) electrons. The van der Waals surface area contributed by atoms with E-state index in [2.05, 4.69) is 21.0 Å². The third kappa shape index (κ3) is 2.06. The van der Waals surface area contributed by atoms with Gasteiger partial charge in [-0.15, -0.1) is 0 Å². The van der Waals surface area contributed by atoms with E-state index in [9.17, 15) is 0 Å². The average molecular weight is 223 g/mol. The standard InChI is InChI=1S/C13H9N3O/c1-2-4-11-7-12(6-5-10(11)3-1)17-13-15-8-14-9-16-13/h1-9H. The molecule has 3 aromatic rings. The van der Waals surface area contributed by atoms with Crippen LogP contribution in [0.3, 0.4) is 0 Å². The second-order valence-electron chi connectivity index (χ2n) is 3.53. The molecule has 0 atom stereocenters. The molecule has 0 saturated heterocycles. The molecular formula is C13H9N3O. The van der Waals surface area contributed by atoms with Crippen LogP contribution < -0.4 is 4.74 Å². The lowest BCUT2D eigenvalue weighted by molar-refractivity contribution is 0.440. The average Bonchev–Trinajstić information content (AvgIpc) is 2.40. The Hall–Kier alpha value is -2.49. The van der Waals surface area contributed by atoms with Gasteiger partial charge in [0.2, 0.25) is 0 Å². The maximum atomic E-state index is 5.52. The Morgan fingerprint density at radius 3 is 2.41 bits per heavy atom. The van der Waals surface area contributed by atoms with Gasteiger partial charge in [-0.25, -0.2) is 4.98 Å². The Balaban J connectivity index is 1.96. The lowest BCUT2D eigenvalue weighted by Crippen LogP contribution is -1.91. The predicted molar refractivity (Wildman–Crippen MR) is 63.8 cm³/mol. The van der Waals surface area contributed by atoms with Crippen molar-refractivity contribution in [1.82, 2.24) is 15.0 Å². The van der Waals surface area contributed by atoms with Crippen molar-refractivity contribution in [1.29, 1.82) is 0 Å². The first kappa shape index (κ1) is 9.72. The van der Waals surface area contributed by atoms with Gasteiger partial charge in [0.25, 0.3) is 0 Å². The Labute approximate surface area is 97.9 Å². The molecule has 0 spiro atoms. The zero-order chi connectivity index (χ0) is 11.5. The summed E-state index contributed by atoms with van der Waals surface area (Å²) in [7, 11) is 0. The van der Waals surface area contributed by atoms with Crippen LogP contribution in [-0.2, 0) is 0 Å². The number of hydrogen-bond acceptors (Lipinski definition) is 4. The predicted octanol–water partition coefficient (Wildman–Crippen LogP) is 2.82. The molecule has 82 valence electrons. The van der Waals surface area contributed by atoms with Crippen LogP contribution in [0.15, 0.2) is 55.1 Å².